The molecule has 0 spiro atoms. The van der Waals surface area contributed by atoms with E-state index in [1.807, 2.05) is 12.1 Å². The van der Waals surface area contributed by atoms with Crippen molar-refractivity contribution in [1.29, 1.82) is 0 Å². The third-order valence-electron chi connectivity index (χ3n) is 3.89. The highest BCUT2D eigenvalue weighted by Gasteiger charge is 2.16. The van der Waals surface area contributed by atoms with Crippen molar-refractivity contribution < 1.29 is 13.5 Å². The highest BCUT2D eigenvalue weighted by molar-refractivity contribution is 5.27. The lowest BCUT2D eigenvalue weighted by molar-refractivity contribution is -0.0498. The van der Waals surface area contributed by atoms with Gasteiger partial charge in [-0.25, -0.2) is 0 Å². The molecule has 1 aromatic rings. The topological polar surface area (TPSA) is 24.5 Å². The smallest absolute Gasteiger partial charge is 0.387 e. The van der Waals surface area contributed by atoms with Crippen molar-refractivity contribution in [2.45, 2.75) is 45.4 Å². The Kier molecular flexibility index (Phi) is 6.39. The SMILES string of the molecule is CCN(Cc1ccc(OC(F)F)cc1)CC1CCCCN1. The molecule has 0 aliphatic carbocycles. The van der Waals surface area contributed by atoms with Gasteiger partial charge in [0.1, 0.15) is 5.75 Å². The van der Waals surface area contributed by atoms with E-state index in [-0.39, 0.29) is 5.75 Å². The molecule has 1 fully saturated rings. The van der Waals surface area contributed by atoms with Crippen molar-refractivity contribution in [1.82, 2.24) is 10.2 Å². The molecule has 1 aliphatic heterocycles. The summed E-state index contributed by atoms with van der Waals surface area (Å²) in [5, 5.41) is 3.56. The minimum absolute atomic E-state index is 0.214. The molecule has 1 heterocycles. The standard InChI is InChI=1S/C16H24F2N2O/c1-2-20(12-14-5-3-4-10-19-14)11-13-6-8-15(9-7-13)21-16(17)18/h6-9,14,16,19H,2-5,10-12H2,1H3. The van der Waals surface area contributed by atoms with Gasteiger partial charge in [0.25, 0.3) is 0 Å². The molecule has 0 aromatic heterocycles. The van der Waals surface area contributed by atoms with Crippen molar-refractivity contribution in [2.24, 2.45) is 0 Å². The van der Waals surface area contributed by atoms with E-state index in [0.717, 1.165) is 31.7 Å². The fourth-order valence-corrected chi connectivity index (χ4v) is 2.73. The van der Waals surface area contributed by atoms with Gasteiger partial charge in [-0.15, -0.1) is 0 Å². The van der Waals surface area contributed by atoms with Crippen molar-refractivity contribution in [3.63, 3.8) is 0 Å². The highest BCUT2D eigenvalue weighted by atomic mass is 19.3. The predicted molar refractivity (Wildman–Crippen MR) is 79.7 cm³/mol. The number of hydrogen-bond donors (Lipinski definition) is 1. The maximum Gasteiger partial charge on any atom is 0.387 e. The number of piperidine rings is 1. The van der Waals surface area contributed by atoms with Crippen molar-refractivity contribution in [3.8, 4) is 5.75 Å². The van der Waals surface area contributed by atoms with Gasteiger partial charge in [0, 0.05) is 19.1 Å². The zero-order chi connectivity index (χ0) is 15.1. The van der Waals surface area contributed by atoms with Crippen LogP contribution in [0.25, 0.3) is 0 Å². The molecule has 1 saturated heterocycles. The van der Waals surface area contributed by atoms with E-state index in [9.17, 15) is 8.78 Å². The van der Waals surface area contributed by atoms with Gasteiger partial charge in [-0.05, 0) is 43.6 Å². The quantitative estimate of drug-likeness (QED) is 0.836. The normalized spacial score (nSPS) is 19.2. The molecule has 1 N–H and O–H groups in total. The Morgan fingerprint density at radius 3 is 2.62 bits per heavy atom. The first-order valence-corrected chi connectivity index (χ1v) is 7.67. The molecule has 1 unspecified atom stereocenters. The zero-order valence-electron chi connectivity index (χ0n) is 12.5. The summed E-state index contributed by atoms with van der Waals surface area (Å²) in [6.07, 6.45) is 3.81. The van der Waals surface area contributed by atoms with Crippen LogP contribution in [0.4, 0.5) is 8.78 Å². The zero-order valence-corrected chi connectivity index (χ0v) is 12.5. The minimum Gasteiger partial charge on any atom is -0.435 e. The monoisotopic (exact) mass is 298 g/mol. The molecule has 1 atom stereocenters. The number of likely N-dealkylation sites (N-methyl/N-ethyl adjacent to an activating group) is 1. The van der Waals surface area contributed by atoms with E-state index in [4.69, 9.17) is 0 Å². The number of nitrogens with one attached hydrogen (secondary N) is 1. The molecule has 21 heavy (non-hydrogen) atoms. The second-order valence-corrected chi connectivity index (χ2v) is 5.50. The molecule has 1 aliphatic rings. The predicted octanol–water partition coefficient (Wildman–Crippen LogP) is 3.25. The molecule has 2 rings (SSSR count). The summed E-state index contributed by atoms with van der Waals surface area (Å²) in [4.78, 5) is 2.38. The van der Waals surface area contributed by atoms with Crippen LogP contribution < -0.4 is 10.1 Å². The number of halogens is 2. The first-order valence-electron chi connectivity index (χ1n) is 7.67. The molecular weight excluding hydrogens is 274 g/mol. The van der Waals surface area contributed by atoms with Gasteiger partial charge in [-0.1, -0.05) is 25.5 Å². The average molecular weight is 298 g/mol. The maximum atomic E-state index is 12.1. The molecule has 0 saturated carbocycles. The summed E-state index contributed by atoms with van der Waals surface area (Å²) in [6, 6.07) is 7.49. The maximum absolute atomic E-state index is 12.1. The number of benzene rings is 1. The lowest BCUT2D eigenvalue weighted by Gasteiger charge is -2.30. The van der Waals surface area contributed by atoms with E-state index >= 15 is 0 Å². The van der Waals surface area contributed by atoms with Crippen LogP contribution in [0, 0.1) is 0 Å². The summed E-state index contributed by atoms with van der Waals surface area (Å²) in [7, 11) is 0. The second kappa shape index (κ2) is 8.29. The number of alkyl halides is 2. The first kappa shape index (κ1) is 16.2. The fourth-order valence-electron chi connectivity index (χ4n) is 2.73. The fraction of sp³-hybridized carbons (Fsp3) is 0.625. The van der Waals surface area contributed by atoms with Crippen molar-refractivity contribution in [3.05, 3.63) is 29.8 Å². The molecule has 5 heteroatoms. The minimum atomic E-state index is -2.76. The average Bonchev–Trinajstić information content (AvgIpc) is 2.49. The van der Waals surface area contributed by atoms with Crippen molar-refractivity contribution >= 4 is 0 Å². The van der Waals surface area contributed by atoms with Crippen LogP contribution in [0.5, 0.6) is 5.75 Å². The van der Waals surface area contributed by atoms with E-state index in [1.54, 1.807) is 12.1 Å². The summed E-state index contributed by atoms with van der Waals surface area (Å²) < 4.78 is 28.6. The van der Waals surface area contributed by atoms with Crippen LogP contribution in [0.3, 0.4) is 0 Å². The third-order valence-corrected chi connectivity index (χ3v) is 3.89. The Balaban J connectivity index is 1.85. The van der Waals surface area contributed by atoms with E-state index in [1.165, 1.54) is 19.3 Å². The molecule has 0 amide bonds. The number of nitrogens with zero attached hydrogens (tertiary/aromatic N) is 1. The summed E-state index contributed by atoms with van der Waals surface area (Å²) in [6.45, 7) is 3.35. The van der Waals surface area contributed by atoms with E-state index in [0.29, 0.717) is 6.04 Å². The number of hydrogen-bond acceptors (Lipinski definition) is 3. The summed E-state index contributed by atoms with van der Waals surface area (Å²) >= 11 is 0. The second-order valence-electron chi connectivity index (χ2n) is 5.50. The number of rotatable bonds is 7. The Labute approximate surface area is 125 Å². The summed E-state index contributed by atoms with van der Waals surface area (Å²) in [5.41, 5.74) is 1.12. The summed E-state index contributed by atoms with van der Waals surface area (Å²) in [5.74, 6) is 0.214. The first-order chi connectivity index (χ1) is 10.2. The lowest BCUT2D eigenvalue weighted by atomic mass is 10.0. The molecule has 1 aromatic carbocycles. The van der Waals surface area contributed by atoms with Gasteiger partial charge in [-0.2, -0.15) is 8.78 Å². The van der Waals surface area contributed by atoms with Gasteiger partial charge < -0.3 is 10.1 Å². The number of ether oxygens (including phenoxy) is 1. The van der Waals surface area contributed by atoms with Crippen LogP contribution in [0.2, 0.25) is 0 Å². The van der Waals surface area contributed by atoms with Gasteiger partial charge in [0.05, 0.1) is 0 Å². The highest BCUT2D eigenvalue weighted by Crippen LogP contribution is 2.16. The Morgan fingerprint density at radius 1 is 1.29 bits per heavy atom. The Morgan fingerprint density at radius 2 is 2.05 bits per heavy atom. The lowest BCUT2D eigenvalue weighted by Crippen LogP contribution is -2.43. The van der Waals surface area contributed by atoms with E-state index < -0.39 is 6.61 Å². The van der Waals surface area contributed by atoms with Crippen LogP contribution in [-0.2, 0) is 6.54 Å². The van der Waals surface area contributed by atoms with E-state index in [2.05, 4.69) is 21.9 Å². The van der Waals surface area contributed by atoms with Gasteiger partial charge >= 0.3 is 6.61 Å². The molecule has 118 valence electrons. The van der Waals surface area contributed by atoms with Crippen LogP contribution in [0.1, 0.15) is 31.7 Å². The van der Waals surface area contributed by atoms with Gasteiger partial charge in [0.15, 0.2) is 0 Å². The molecular formula is C16H24F2N2O. The Bertz CT molecular complexity index is 405. The van der Waals surface area contributed by atoms with Crippen molar-refractivity contribution in [2.75, 3.05) is 19.6 Å². The van der Waals surface area contributed by atoms with Gasteiger partial charge in [-0.3, -0.25) is 4.90 Å². The van der Waals surface area contributed by atoms with Crippen LogP contribution >= 0.6 is 0 Å². The molecule has 3 nitrogen and oxygen atoms in total. The van der Waals surface area contributed by atoms with Crippen LogP contribution in [-0.4, -0.2) is 37.2 Å². The van der Waals surface area contributed by atoms with Crippen LogP contribution in [0.15, 0.2) is 24.3 Å². The largest absolute Gasteiger partial charge is 0.435 e. The Hall–Kier alpha value is -1.20. The van der Waals surface area contributed by atoms with Gasteiger partial charge in [0.2, 0.25) is 0 Å². The molecule has 0 bridgehead atoms. The molecule has 0 radical (unpaired) electrons. The third kappa shape index (κ3) is 5.59.